The van der Waals surface area contributed by atoms with Gasteiger partial charge >= 0.3 is 16.8 Å². The molecule has 3 saturated heterocycles. The molecular formula is C50H56CoN8O5U-5. The second kappa shape index (κ2) is 27.3. The Bertz CT molecular complexity index is 2070. The molecule has 13 nitrogen and oxygen atoms in total. The van der Waals surface area contributed by atoms with Crippen molar-refractivity contribution in [2.24, 2.45) is 20.0 Å². The summed E-state index contributed by atoms with van der Waals surface area (Å²) in [5, 5.41) is 0. The van der Waals surface area contributed by atoms with E-state index in [0.717, 1.165) is 108 Å². The number of aliphatic imine (C=N–C) groups is 4. The fraction of sp³-hybridized carbons (Fsp3) is 0.360. The van der Waals surface area contributed by atoms with Crippen molar-refractivity contribution >= 4 is 47.6 Å². The van der Waals surface area contributed by atoms with Crippen molar-refractivity contribution in [1.82, 2.24) is 19.9 Å². The standard InChI is InChI=1S/C38H32N8.3C4H8O.Co.2O.U/c1-37(2)33-17-13-25(43-33)21-39-29-9-5-7-11-31(29)41-23-27-15-19-35(45-27)38(3,4)36-20-16-28(46-36)24-42-32-12-8-6-10-30(32)40-22-26-14-18-34(37)44-26;3*1-2-4-5-3-1;;;;/h5-24H,1-4H3;3*1-4H2;;;;/q-4;;;;+3;2*-2;. The molecule has 2 aromatic carbocycles. The molecule has 3 fully saturated rings. The summed E-state index contributed by atoms with van der Waals surface area (Å²) >= 11 is 0. The maximum absolute atomic E-state index is 4.94. The molecule has 0 aliphatic carbocycles. The molecule has 8 heterocycles. The number of hydrogen-bond donors (Lipinski definition) is 0. The summed E-state index contributed by atoms with van der Waals surface area (Å²) in [6, 6.07) is 31.6. The molecule has 0 unspecified atom stereocenters. The quantitative estimate of drug-likeness (QED) is 0.145. The van der Waals surface area contributed by atoms with Crippen molar-refractivity contribution < 1.29 is 73.1 Å². The molecular weight excluding hydrogens is 1090 g/mol. The number of nitrogens with zero attached hydrogens (tertiary/aromatic N) is 8. The van der Waals surface area contributed by atoms with E-state index < -0.39 is 10.8 Å². The van der Waals surface area contributed by atoms with E-state index in [0.29, 0.717) is 0 Å². The van der Waals surface area contributed by atoms with Crippen LogP contribution >= 0.6 is 0 Å². The molecule has 0 saturated carbocycles. The van der Waals surface area contributed by atoms with E-state index in [4.69, 9.17) is 54.1 Å². The first kappa shape index (κ1) is 54.9. The Balaban J connectivity index is 0.000000500. The minimum absolute atomic E-state index is 0. The van der Waals surface area contributed by atoms with Crippen LogP contribution in [0.3, 0.4) is 0 Å². The van der Waals surface area contributed by atoms with Gasteiger partial charge in [0.15, 0.2) is 0 Å². The second-order valence-corrected chi connectivity index (χ2v) is 16.2. The molecule has 4 aliphatic rings. The molecule has 0 amide bonds. The number of ether oxygens (including phenoxy) is 3. The van der Waals surface area contributed by atoms with Gasteiger partial charge in [0.25, 0.3) is 0 Å². The average molecular weight is 1150 g/mol. The maximum atomic E-state index is 4.94. The fourth-order valence-corrected chi connectivity index (χ4v) is 6.89. The van der Waals surface area contributed by atoms with Gasteiger partial charge in [0.2, 0.25) is 0 Å². The SMILES string of the molecule is C1CCOC1.C1CCOC1.C1CCOC1.CC1(C)c2ccc([n-]2)C=Nc2ccccc2N=Cc2ccc([n-]2)C(C)(C)c2ccc([n-]2)C=Nc2ccccc2N=Cc2ccc1[n-]2.[Co+3].[O-2].[O-2].[U]. The van der Waals surface area contributed by atoms with Crippen LogP contribution in [0.2, 0.25) is 0 Å². The summed E-state index contributed by atoms with van der Waals surface area (Å²) in [4.78, 5) is 38.5. The van der Waals surface area contributed by atoms with Crippen molar-refractivity contribution in [1.29, 1.82) is 0 Å². The van der Waals surface area contributed by atoms with Crippen LogP contribution < -0.4 is 19.9 Å². The zero-order valence-corrected chi connectivity index (χ0v) is 42.7. The van der Waals surface area contributed by atoms with Crippen molar-refractivity contribution in [2.75, 3.05) is 39.6 Å². The number of benzene rings is 2. The molecule has 65 heavy (non-hydrogen) atoms. The van der Waals surface area contributed by atoms with Crippen LogP contribution in [-0.2, 0) is 52.8 Å². The molecule has 15 heteroatoms. The number of hydrogen-bond acceptors (Lipinski definition) is 7. The summed E-state index contributed by atoms with van der Waals surface area (Å²) in [7, 11) is 0. The van der Waals surface area contributed by atoms with Gasteiger partial charge < -0.3 is 45.1 Å². The van der Waals surface area contributed by atoms with Crippen LogP contribution in [0.1, 0.15) is 112 Å². The largest absolute Gasteiger partial charge is 3.00 e. The van der Waals surface area contributed by atoms with Gasteiger partial charge in [0.05, 0.1) is 22.7 Å². The van der Waals surface area contributed by atoms with Gasteiger partial charge in [0.1, 0.15) is 0 Å². The second-order valence-electron chi connectivity index (χ2n) is 16.2. The summed E-state index contributed by atoms with van der Waals surface area (Å²) in [5.41, 5.74) is 8.85. The van der Waals surface area contributed by atoms with E-state index in [2.05, 4.69) is 27.7 Å². The van der Waals surface area contributed by atoms with Crippen LogP contribution in [0.25, 0.3) is 0 Å². The molecule has 4 aromatic heterocycles. The third-order valence-corrected chi connectivity index (χ3v) is 10.8. The Labute approximate surface area is 417 Å². The van der Waals surface area contributed by atoms with E-state index in [1.54, 1.807) is 24.9 Å². The van der Waals surface area contributed by atoms with Crippen molar-refractivity contribution in [3.8, 4) is 0 Å². The van der Waals surface area contributed by atoms with Gasteiger partial charge in [-0.1, -0.05) is 100 Å². The Morgan fingerprint density at radius 3 is 0.769 bits per heavy atom. The summed E-state index contributed by atoms with van der Waals surface area (Å²) in [5.74, 6) is 0. The van der Waals surface area contributed by atoms with E-state index in [1.165, 1.54) is 38.5 Å². The van der Waals surface area contributed by atoms with Crippen molar-refractivity contribution in [3.05, 3.63) is 143 Å². The summed E-state index contributed by atoms with van der Waals surface area (Å²) in [6.45, 7) is 14.5. The fourth-order valence-electron chi connectivity index (χ4n) is 6.89. The minimum atomic E-state index is -0.418. The molecule has 0 N–H and O–H groups in total. The maximum Gasteiger partial charge on any atom is 3.00 e. The van der Waals surface area contributed by atoms with Crippen LogP contribution in [0.5, 0.6) is 0 Å². The van der Waals surface area contributed by atoms with Crippen molar-refractivity contribution in [3.63, 3.8) is 0 Å². The summed E-state index contributed by atoms with van der Waals surface area (Å²) < 4.78 is 14.8. The molecule has 0 radical (unpaired) electrons. The van der Waals surface area contributed by atoms with E-state index in [9.17, 15) is 0 Å². The zero-order chi connectivity index (χ0) is 42.3. The van der Waals surface area contributed by atoms with Gasteiger partial charge in [-0.05, 0) is 73.6 Å². The van der Waals surface area contributed by atoms with Gasteiger partial charge in [-0.3, -0.25) is 20.0 Å². The van der Waals surface area contributed by atoms with Gasteiger partial charge in [-0.2, -0.15) is 22.8 Å². The van der Waals surface area contributed by atoms with Crippen LogP contribution in [0.15, 0.2) is 117 Å². The van der Waals surface area contributed by atoms with E-state index in [1.807, 2.05) is 97.1 Å². The molecule has 0 atom stereocenters. The predicted octanol–water partition coefficient (Wildman–Crippen LogP) is 9.63. The Kier molecular flexibility index (Phi) is 23.1. The molecule has 344 valence electrons. The van der Waals surface area contributed by atoms with Crippen molar-refractivity contribution in [2.45, 2.75) is 77.0 Å². The van der Waals surface area contributed by atoms with Gasteiger partial charge in [-0.25, -0.2) is 0 Å². The van der Waals surface area contributed by atoms with Crippen LogP contribution in [-0.4, -0.2) is 64.5 Å². The summed E-state index contributed by atoms with van der Waals surface area (Å²) in [6.07, 6.45) is 14.8. The molecule has 10 rings (SSSR count). The van der Waals surface area contributed by atoms with E-state index in [-0.39, 0.29) is 58.8 Å². The molecule has 4 aliphatic heterocycles. The number of rotatable bonds is 0. The Morgan fingerprint density at radius 1 is 0.369 bits per heavy atom. The molecule has 8 bridgehead atoms. The number of fused-ring (bicyclic) bond motifs is 10. The van der Waals surface area contributed by atoms with Gasteiger partial charge in [0, 0.05) is 95.6 Å². The molecule has 6 aromatic rings. The Morgan fingerprint density at radius 2 is 0.585 bits per heavy atom. The monoisotopic (exact) mass is 1150 g/mol. The smallest absolute Gasteiger partial charge is 2.00 e. The minimum Gasteiger partial charge on any atom is -2.00 e. The normalized spacial score (nSPS) is 16.4. The predicted molar refractivity (Wildman–Crippen MR) is 247 cm³/mol. The van der Waals surface area contributed by atoms with Crippen LogP contribution in [0.4, 0.5) is 22.7 Å². The Hall–Kier alpha value is -4.40. The first-order chi connectivity index (χ1) is 29.8. The molecule has 0 spiro atoms. The van der Waals surface area contributed by atoms with E-state index >= 15 is 0 Å². The third kappa shape index (κ3) is 15.6. The average Bonchev–Trinajstić information content (AvgIpc) is 4.14. The van der Waals surface area contributed by atoms with Gasteiger partial charge in [-0.15, -0.1) is 22.8 Å². The van der Waals surface area contributed by atoms with Crippen LogP contribution in [0, 0.1) is 31.1 Å². The number of para-hydroxylation sites is 4. The first-order valence-electron chi connectivity index (χ1n) is 21.4. The topological polar surface area (TPSA) is 191 Å². The zero-order valence-electron chi connectivity index (χ0n) is 37.5. The third-order valence-electron chi connectivity index (χ3n) is 10.8. The number of aromatic nitrogens is 4. The first-order valence-corrected chi connectivity index (χ1v) is 21.4.